The van der Waals surface area contributed by atoms with Crippen molar-refractivity contribution in [1.29, 1.82) is 0 Å². The molecule has 0 aliphatic rings. The first-order valence-corrected chi connectivity index (χ1v) is 8.01. The number of hydrogen-bond donors (Lipinski definition) is 1. The van der Waals surface area contributed by atoms with E-state index in [1.807, 2.05) is 18.0 Å². The molecule has 0 atom stereocenters. The first-order valence-electron chi connectivity index (χ1n) is 7.21. The third-order valence-electron chi connectivity index (χ3n) is 3.19. The van der Waals surface area contributed by atoms with E-state index in [-0.39, 0.29) is 5.91 Å². The Morgan fingerprint density at radius 1 is 1.29 bits per heavy atom. The normalized spacial score (nSPS) is 10.8. The third kappa shape index (κ3) is 6.06. The lowest BCUT2D eigenvalue weighted by molar-refractivity contribution is -0.127. The lowest BCUT2D eigenvalue weighted by atomic mass is 10.1. The second kappa shape index (κ2) is 8.39. The quantitative estimate of drug-likeness (QED) is 0.816. The van der Waals surface area contributed by atoms with E-state index in [9.17, 15) is 4.79 Å². The highest BCUT2D eigenvalue weighted by Gasteiger charge is 2.13. The summed E-state index contributed by atoms with van der Waals surface area (Å²) < 4.78 is 1.06. The summed E-state index contributed by atoms with van der Waals surface area (Å²) in [5.74, 6) is 0.718. The molecule has 0 radical (unpaired) electrons. The molecule has 0 bridgehead atoms. The molecular weight excluding hydrogens is 330 g/mol. The lowest BCUT2D eigenvalue weighted by Gasteiger charge is -2.24. The Morgan fingerprint density at radius 2 is 1.95 bits per heavy atom. The standard InChI is InChI=1S/C16H26BrN3O/c1-12(2)9-18-10-13-8-14(17)6-7-15(13)20(5)11-16(21)19(3)4/h6-8,12,18H,9-11H2,1-5H3. The molecule has 1 aromatic rings. The van der Waals surface area contributed by atoms with Gasteiger partial charge in [0.2, 0.25) is 5.91 Å². The minimum atomic E-state index is 0.0986. The zero-order valence-electron chi connectivity index (χ0n) is 13.6. The summed E-state index contributed by atoms with van der Waals surface area (Å²) in [6, 6.07) is 6.18. The highest BCUT2D eigenvalue weighted by molar-refractivity contribution is 9.10. The maximum Gasteiger partial charge on any atom is 0.241 e. The van der Waals surface area contributed by atoms with Gasteiger partial charge in [0.1, 0.15) is 0 Å². The van der Waals surface area contributed by atoms with Crippen molar-refractivity contribution in [3.05, 3.63) is 28.2 Å². The van der Waals surface area contributed by atoms with Gasteiger partial charge in [-0.2, -0.15) is 0 Å². The molecule has 21 heavy (non-hydrogen) atoms. The van der Waals surface area contributed by atoms with Gasteiger partial charge in [-0.3, -0.25) is 4.79 Å². The number of benzene rings is 1. The number of likely N-dealkylation sites (N-methyl/N-ethyl adjacent to an activating group) is 2. The summed E-state index contributed by atoms with van der Waals surface area (Å²) in [6.07, 6.45) is 0. The monoisotopic (exact) mass is 355 g/mol. The van der Waals surface area contributed by atoms with E-state index in [0.29, 0.717) is 12.5 Å². The summed E-state index contributed by atoms with van der Waals surface area (Å²) in [5, 5.41) is 3.46. The highest BCUT2D eigenvalue weighted by Crippen LogP contribution is 2.24. The van der Waals surface area contributed by atoms with Crippen LogP contribution < -0.4 is 10.2 Å². The summed E-state index contributed by atoms with van der Waals surface area (Å²) >= 11 is 3.52. The SMILES string of the molecule is CC(C)CNCc1cc(Br)ccc1N(C)CC(=O)N(C)C. The van der Waals surface area contributed by atoms with Crippen molar-refractivity contribution in [1.82, 2.24) is 10.2 Å². The molecule has 0 heterocycles. The number of hydrogen-bond acceptors (Lipinski definition) is 3. The molecule has 0 saturated carbocycles. The molecule has 1 amide bonds. The Labute approximate surface area is 136 Å². The Balaban J connectivity index is 2.82. The minimum Gasteiger partial charge on any atom is -0.365 e. The minimum absolute atomic E-state index is 0.0986. The number of anilines is 1. The third-order valence-corrected chi connectivity index (χ3v) is 3.69. The molecular formula is C16H26BrN3O. The van der Waals surface area contributed by atoms with Gasteiger partial charge in [-0.1, -0.05) is 29.8 Å². The average Bonchev–Trinajstić information content (AvgIpc) is 2.38. The predicted octanol–water partition coefficient (Wildman–Crippen LogP) is 2.72. The highest BCUT2D eigenvalue weighted by atomic mass is 79.9. The van der Waals surface area contributed by atoms with Gasteiger partial charge in [-0.15, -0.1) is 0 Å². The Morgan fingerprint density at radius 3 is 2.52 bits per heavy atom. The number of carbonyl (C=O) groups is 1. The molecule has 0 fully saturated rings. The van der Waals surface area contributed by atoms with Gasteiger partial charge in [0.25, 0.3) is 0 Å². The topological polar surface area (TPSA) is 35.6 Å². The van der Waals surface area contributed by atoms with Crippen molar-refractivity contribution in [3.8, 4) is 0 Å². The molecule has 1 aromatic carbocycles. The van der Waals surface area contributed by atoms with Crippen LogP contribution in [0.1, 0.15) is 19.4 Å². The fraction of sp³-hybridized carbons (Fsp3) is 0.562. The molecule has 1 N–H and O–H groups in total. The van der Waals surface area contributed by atoms with Gasteiger partial charge in [0.05, 0.1) is 6.54 Å². The largest absolute Gasteiger partial charge is 0.365 e. The molecule has 0 aliphatic carbocycles. The van der Waals surface area contributed by atoms with Crippen LogP contribution in [0, 0.1) is 5.92 Å². The molecule has 0 unspecified atom stereocenters. The maximum atomic E-state index is 11.9. The smallest absolute Gasteiger partial charge is 0.241 e. The van der Waals surface area contributed by atoms with E-state index in [1.54, 1.807) is 19.0 Å². The summed E-state index contributed by atoms with van der Waals surface area (Å²) in [7, 11) is 5.52. The van der Waals surface area contributed by atoms with Gasteiger partial charge < -0.3 is 15.1 Å². The van der Waals surface area contributed by atoms with E-state index < -0.39 is 0 Å². The fourth-order valence-corrected chi connectivity index (χ4v) is 2.40. The summed E-state index contributed by atoms with van der Waals surface area (Å²) in [6.45, 7) is 6.54. The van der Waals surface area contributed by atoms with Gasteiger partial charge in [-0.25, -0.2) is 0 Å². The van der Waals surface area contributed by atoms with Crippen molar-refractivity contribution < 1.29 is 4.79 Å². The number of carbonyl (C=O) groups excluding carboxylic acids is 1. The van der Waals surface area contributed by atoms with E-state index in [0.717, 1.165) is 23.2 Å². The van der Waals surface area contributed by atoms with Gasteiger partial charge in [0.15, 0.2) is 0 Å². The number of nitrogens with one attached hydrogen (secondary N) is 1. The zero-order valence-corrected chi connectivity index (χ0v) is 15.2. The van der Waals surface area contributed by atoms with Crippen LogP contribution in [0.4, 0.5) is 5.69 Å². The second-order valence-electron chi connectivity index (χ2n) is 5.94. The molecule has 0 spiro atoms. The first-order chi connectivity index (χ1) is 9.81. The van der Waals surface area contributed by atoms with E-state index >= 15 is 0 Å². The second-order valence-corrected chi connectivity index (χ2v) is 6.86. The Bertz CT molecular complexity index is 475. The molecule has 0 saturated heterocycles. The van der Waals surface area contributed by atoms with Crippen LogP contribution in [-0.2, 0) is 11.3 Å². The van der Waals surface area contributed by atoms with Gasteiger partial charge in [-0.05, 0) is 36.2 Å². The van der Waals surface area contributed by atoms with E-state index in [1.165, 1.54) is 5.56 Å². The zero-order chi connectivity index (χ0) is 16.0. The van der Waals surface area contributed by atoms with Crippen LogP contribution in [0.3, 0.4) is 0 Å². The van der Waals surface area contributed by atoms with E-state index in [2.05, 4.69) is 47.2 Å². The summed E-state index contributed by atoms with van der Waals surface area (Å²) in [4.78, 5) is 15.5. The Kier molecular flexibility index (Phi) is 7.18. The summed E-state index contributed by atoms with van der Waals surface area (Å²) in [5.41, 5.74) is 2.28. The van der Waals surface area contributed by atoms with Crippen molar-refractivity contribution in [2.45, 2.75) is 20.4 Å². The van der Waals surface area contributed by atoms with Crippen LogP contribution in [0.25, 0.3) is 0 Å². The van der Waals surface area contributed by atoms with E-state index in [4.69, 9.17) is 0 Å². The van der Waals surface area contributed by atoms with Crippen LogP contribution in [0.5, 0.6) is 0 Å². The number of halogens is 1. The van der Waals surface area contributed by atoms with Crippen molar-refractivity contribution in [2.75, 3.05) is 39.1 Å². The van der Waals surface area contributed by atoms with Crippen LogP contribution in [0.2, 0.25) is 0 Å². The van der Waals surface area contributed by atoms with Gasteiger partial charge in [0, 0.05) is 37.8 Å². The van der Waals surface area contributed by atoms with Crippen molar-refractivity contribution >= 4 is 27.5 Å². The number of amides is 1. The predicted molar refractivity (Wildman–Crippen MR) is 92.7 cm³/mol. The molecule has 118 valence electrons. The molecule has 1 rings (SSSR count). The van der Waals surface area contributed by atoms with Crippen LogP contribution in [0.15, 0.2) is 22.7 Å². The number of nitrogens with zero attached hydrogens (tertiary/aromatic N) is 2. The Hall–Kier alpha value is -1.07. The average molecular weight is 356 g/mol. The van der Waals surface area contributed by atoms with Crippen LogP contribution >= 0.6 is 15.9 Å². The van der Waals surface area contributed by atoms with Crippen molar-refractivity contribution in [3.63, 3.8) is 0 Å². The van der Waals surface area contributed by atoms with Gasteiger partial charge >= 0.3 is 0 Å². The lowest BCUT2D eigenvalue weighted by Crippen LogP contribution is -2.35. The molecule has 4 nitrogen and oxygen atoms in total. The number of rotatable bonds is 7. The maximum absolute atomic E-state index is 11.9. The molecule has 0 aromatic heterocycles. The fourth-order valence-electron chi connectivity index (χ4n) is 1.99. The van der Waals surface area contributed by atoms with Crippen LogP contribution in [-0.4, -0.2) is 45.0 Å². The molecule has 5 heteroatoms. The molecule has 0 aliphatic heterocycles. The van der Waals surface area contributed by atoms with Crippen molar-refractivity contribution in [2.24, 2.45) is 5.92 Å². The first kappa shape index (κ1) is 18.0.